The van der Waals surface area contributed by atoms with Crippen molar-refractivity contribution >= 4 is 35.9 Å². The molecule has 0 radical (unpaired) electrons. The zero-order chi connectivity index (χ0) is 22.5. The van der Waals surface area contributed by atoms with Crippen LogP contribution in [0.15, 0.2) is 0 Å². The van der Waals surface area contributed by atoms with E-state index < -0.39 is 48.3 Å². The van der Waals surface area contributed by atoms with Crippen molar-refractivity contribution in [1.29, 1.82) is 0 Å². The van der Waals surface area contributed by atoms with Crippen molar-refractivity contribution in [1.82, 2.24) is 0 Å². The van der Waals surface area contributed by atoms with Crippen molar-refractivity contribution in [2.75, 3.05) is 12.3 Å². The van der Waals surface area contributed by atoms with E-state index in [1.54, 1.807) is 0 Å². The Morgan fingerprint density at radius 3 is 1.46 bits per heavy atom. The number of hydrogen-bond donors (Lipinski definition) is 1. The van der Waals surface area contributed by atoms with Gasteiger partial charge in [-0.15, -0.1) is 0 Å². The molecule has 28 heavy (non-hydrogen) atoms. The second kappa shape index (κ2) is 10.6. The topological polar surface area (TPSA) is 89.9 Å². The minimum Gasteiger partial charge on any atom is -0.519 e. The zero-order valence-electron chi connectivity index (χ0n) is 19.4. The summed E-state index contributed by atoms with van der Waals surface area (Å²) in [6.45, 7) is 20.1. The molecular weight excluding hydrogens is 411 g/mol. The molecule has 2 unspecified atom stereocenters. The average Bonchev–Trinajstić information content (AvgIpc) is 2.49. The van der Waals surface area contributed by atoms with Gasteiger partial charge in [-0.3, -0.25) is 14.2 Å². The van der Waals surface area contributed by atoms with Gasteiger partial charge in [0.05, 0.1) is 0 Å². The highest BCUT2D eigenvalue weighted by molar-refractivity contribution is 7.59. The molecule has 0 saturated heterocycles. The smallest absolute Gasteiger partial charge is 0.302 e. The van der Waals surface area contributed by atoms with Crippen molar-refractivity contribution in [3.63, 3.8) is 0 Å². The molecule has 0 aliphatic rings. The van der Waals surface area contributed by atoms with Crippen LogP contribution in [0.25, 0.3) is 0 Å². The second-order valence-electron chi connectivity index (χ2n) is 9.25. The minimum atomic E-state index is -4.01. The van der Waals surface area contributed by atoms with Crippen LogP contribution in [0, 0.1) is 0 Å². The van der Waals surface area contributed by atoms with Gasteiger partial charge in [0.25, 0.3) is 16.6 Å². The van der Waals surface area contributed by atoms with E-state index in [0.29, 0.717) is 0 Å². The van der Waals surface area contributed by atoms with Crippen LogP contribution >= 0.6 is 7.37 Å². The maximum atomic E-state index is 12.6. The molecule has 6 nitrogen and oxygen atoms in total. The summed E-state index contributed by atoms with van der Waals surface area (Å²) >= 11 is 0. The quantitative estimate of drug-likeness (QED) is 0.328. The first kappa shape index (κ1) is 27.6. The predicted molar refractivity (Wildman–Crippen MR) is 120 cm³/mol. The third-order valence-electron chi connectivity index (χ3n) is 6.02. The Labute approximate surface area is 173 Å². The Hall–Kier alpha value is -0.436. The molecule has 166 valence electrons. The average molecular weight is 453 g/mol. The molecule has 2 atom stereocenters. The van der Waals surface area contributed by atoms with Gasteiger partial charge in [-0.05, 0) is 34.8 Å². The van der Waals surface area contributed by atoms with Crippen LogP contribution in [-0.4, -0.2) is 45.8 Å². The molecule has 0 heterocycles. The molecule has 0 aromatic rings. The van der Waals surface area contributed by atoms with E-state index >= 15 is 0 Å². The predicted octanol–water partition coefficient (Wildman–Crippen LogP) is 5.52. The maximum absolute atomic E-state index is 12.6. The summed E-state index contributed by atoms with van der Waals surface area (Å²) in [7, 11) is -8.77. The lowest BCUT2D eigenvalue weighted by atomic mass is 10.5. The number of carbonyl (C=O) groups excluding carboxylic acids is 2. The van der Waals surface area contributed by atoms with Crippen molar-refractivity contribution in [3.8, 4) is 0 Å². The maximum Gasteiger partial charge on any atom is 0.302 e. The monoisotopic (exact) mass is 452 g/mol. The number of hydrogen-bond acceptors (Lipinski definition) is 5. The molecule has 0 amide bonds. The van der Waals surface area contributed by atoms with Gasteiger partial charge in [0.15, 0.2) is 0 Å². The summed E-state index contributed by atoms with van der Waals surface area (Å²) < 4.78 is 24.1. The van der Waals surface area contributed by atoms with Gasteiger partial charge in [0, 0.05) is 0 Å². The molecule has 0 aliphatic heterocycles. The third-order valence-corrected chi connectivity index (χ3v) is 18.1. The standard InChI is InChI=1S/C19H41O6PSi2/c1-11-27(10,14(2)3)24-18(20)12-26(22,23)13-19(21)25-28(15(4)5,16(6)7)17(8)9/h14-17H,11-13H2,1-10H3,(H,22,23). The van der Waals surface area contributed by atoms with Gasteiger partial charge in [0.2, 0.25) is 7.37 Å². The summed E-state index contributed by atoms with van der Waals surface area (Å²) in [6, 6.07) is 0.736. The second-order valence-corrected chi connectivity index (χ2v) is 21.6. The van der Waals surface area contributed by atoms with E-state index in [1.807, 2.05) is 68.9 Å². The highest BCUT2D eigenvalue weighted by Crippen LogP contribution is 2.45. The molecule has 0 bridgehead atoms. The van der Waals surface area contributed by atoms with Crippen molar-refractivity contribution in [3.05, 3.63) is 0 Å². The van der Waals surface area contributed by atoms with Crippen LogP contribution < -0.4 is 0 Å². The Balaban J connectivity index is 5.22. The fraction of sp³-hybridized carbons (Fsp3) is 0.895. The largest absolute Gasteiger partial charge is 0.519 e. The number of carbonyl (C=O) groups is 2. The lowest BCUT2D eigenvalue weighted by molar-refractivity contribution is -0.133. The van der Waals surface area contributed by atoms with Crippen LogP contribution in [0.1, 0.15) is 62.3 Å². The summed E-state index contributed by atoms with van der Waals surface area (Å²) in [4.78, 5) is 35.1. The van der Waals surface area contributed by atoms with E-state index in [4.69, 9.17) is 8.85 Å². The first-order chi connectivity index (χ1) is 12.5. The fourth-order valence-electron chi connectivity index (χ4n) is 3.93. The zero-order valence-corrected chi connectivity index (χ0v) is 22.3. The molecule has 0 fully saturated rings. The Morgan fingerprint density at radius 2 is 1.18 bits per heavy atom. The molecule has 0 aliphatic carbocycles. The van der Waals surface area contributed by atoms with Crippen LogP contribution in [0.3, 0.4) is 0 Å². The van der Waals surface area contributed by atoms with Gasteiger partial charge in [0.1, 0.15) is 12.3 Å². The highest BCUT2D eigenvalue weighted by Gasteiger charge is 2.49. The van der Waals surface area contributed by atoms with Gasteiger partial charge in [-0.25, -0.2) is 0 Å². The van der Waals surface area contributed by atoms with Gasteiger partial charge >= 0.3 is 11.9 Å². The molecular formula is C19H41O6PSi2. The Morgan fingerprint density at radius 1 is 0.821 bits per heavy atom. The van der Waals surface area contributed by atoms with Crippen molar-refractivity contribution < 1.29 is 27.9 Å². The van der Waals surface area contributed by atoms with Crippen molar-refractivity contribution in [2.24, 2.45) is 0 Å². The molecule has 9 heteroatoms. The van der Waals surface area contributed by atoms with Gasteiger partial charge < -0.3 is 13.7 Å². The van der Waals surface area contributed by atoms with Gasteiger partial charge in [-0.1, -0.05) is 62.3 Å². The first-order valence-electron chi connectivity index (χ1n) is 10.3. The van der Waals surface area contributed by atoms with E-state index in [0.717, 1.165) is 6.04 Å². The molecule has 0 rings (SSSR count). The summed E-state index contributed by atoms with van der Waals surface area (Å²) in [6.07, 6.45) is -1.29. The Kier molecular flexibility index (Phi) is 10.4. The highest BCUT2D eigenvalue weighted by atomic mass is 31.2. The lowest BCUT2D eigenvalue weighted by Crippen LogP contribution is -2.49. The van der Waals surface area contributed by atoms with E-state index in [9.17, 15) is 19.0 Å². The van der Waals surface area contributed by atoms with Crippen LogP contribution in [0.4, 0.5) is 0 Å². The lowest BCUT2D eigenvalue weighted by Gasteiger charge is -2.41. The van der Waals surface area contributed by atoms with E-state index in [1.165, 1.54) is 0 Å². The van der Waals surface area contributed by atoms with E-state index in [-0.39, 0.29) is 22.2 Å². The van der Waals surface area contributed by atoms with Crippen LogP contribution in [-0.2, 0) is 23.0 Å². The normalized spacial score (nSPS) is 17.0. The summed E-state index contributed by atoms with van der Waals surface area (Å²) in [5, 5.41) is 0. The van der Waals surface area contributed by atoms with E-state index in [2.05, 4.69) is 0 Å². The molecule has 0 aromatic carbocycles. The minimum absolute atomic E-state index is 0.182. The fourth-order valence-corrected chi connectivity index (χ4v) is 12.2. The SMILES string of the molecule is CC[Si](C)(OC(=O)CP(=O)(O)CC(=O)O[Si](C(C)C)(C(C)C)C(C)C)C(C)C. The molecule has 1 N–H and O–H groups in total. The molecule has 0 saturated carbocycles. The molecule has 0 aromatic heterocycles. The van der Waals surface area contributed by atoms with Crippen molar-refractivity contribution in [2.45, 2.75) is 97.1 Å². The Bertz CT molecular complexity index is 569. The summed E-state index contributed by atoms with van der Waals surface area (Å²) in [5.74, 6) is -1.37. The van der Waals surface area contributed by atoms with Gasteiger partial charge in [-0.2, -0.15) is 0 Å². The number of rotatable bonds is 11. The third kappa shape index (κ3) is 7.11. The van der Waals surface area contributed by atoms with Crippen LogP contribution in [0.2, 0.25) is 34.8 Å². The molecule has 0 spiro atoms. The van der Waals surface area contributed by atoms with Crippen LogP contribution in [0.5, 0.6) is 0 Å². The first-order valence-corrected chi connectivity index (χ1v) is 17.1. The summed E-state index contributed by atoms with van der Waals surface area (Å²) in [5.41, 5.74) is 0.754.